The first kappa shape index (κ1) is 16.3. The van der Waals surface area contributed by atoms with E-state index in [9.17, 15) is 4.79 Å². The normalized spacial score (nSPS) is 28.8. The van der Waals surface area contributed by atoms with Gasteiger partial charge in [-0.1, -0.05) is 30.3 Å². The van der Waals surface area contributed by atoms with Crippen LogP contribution in [0.3, 0.4) is 0 Å². The van der Waals surface area contributed by atoms with Crippen molar-refractivity contribution in [2.45, 2.75) is 43.7 Å². The molecule has 1 N–H and O–H groups in total. The van der Waals surface area contributed by atoms with Gasteiger partial charge in [0.1, 0.15) is 5.82 Å². The Balaban J connectivity index is 1.36. The summed E-state index contributed by atoms with van der Waals surface area (Å²) in [4.78, 5) is 22.4. The smallest absolute Gasteiger partial charge is 0.223 e. The van der Waals surface area contributed by atoms with E-state index in [0.717, 1.165) is 25.1 Å². The highest BCUT2D eigenvalue weighted by molar-refractivity contribution is 5.77. The molecule has 132 valence electrons. The molecule has 2 heterocycles. The Hall–Kier alpha value is -2.14. The first-order valence-electron chi connectivity index (χ1n) is 9.11. The van der Waals surface area contributed by atoms with Gasteiger partial charge in [0.15, 0.2) is 0 Å². The lowest BCUT2D eigenvalue weighted by atomic mass is 9.70. The summed E-state index contributed by atoms with van der Waals surface area (Å²) in [6.07, 6.45) is 7.33. The van der Waals surface area contributed by atoms with Crippen LogP contribution in [0.15, 0.2) is 42.7 Å². The molecule has 1 unspecified atom stereocenters. The zero-order valence-electron chi connectivity index (χ0n) is 14.6. The highest BCUT2D eigenvalue weighted by atomic mass is 16.5. The molecule has 1 aliphatic carbocycles. The summed E-state index contributed by atoms with van der Waals surface area (Å²) in [5, 5.41) is 0. The zero-order valence-corrected chi connectivity index (χ0v) is 14.6. The zero-order chi connectivity index (χ0) is 17.2. The van der Waals surface area contributed by atoms with Crippen LogP contribution in [0.4, 0.5) is 0 Å². The van der Waals surface area contributed by atoms with Crippen LogP contribution in [-0.2, 0) is 9.53 Å². The maximum Gasteiger partial charge on any atom is 0.223 e. The molecule has 1 saturated carbocycles. The van der Waals surface area contributed by atoms with Gasteiger partial charge in [-0.05, 0) is 30.2 Å². The number of methoxy groups -OCH3 is 1. The van der Waals surface area contributed by atoms with E-state index in [4.69, 9.17) is 4.74 Å². The summed E-state index contributed by atoms with van der Waals surface area (Å²) in [6, 6.07) is 10.6. The lowest BCUT2D eigenvalue weighted by Gasteiger charge is -2.36. The van der Waals surface area contributed by atoms with Crippen LogP contribution in [0, 0.1) is 5.92 Å². The largest absolute Gasteiger partial charge is 0.380 e. The summed E-state index contributed by atoms with van der Waals surface area (Å²) in [6.45, 7) is 0.662. The summed E-state index contributed by atoms with van der Waals surface area (Å²) in [7, 11) is 1.72. The molecule has 25 heavy (non-hydrogen) atoms. The van der Waals surface area contributed by atoms with E-state index >= 15 is 0 Å². The van der Waals surface area contributed by atoms with Crippen molar-refractivity contribution in [1.29, 1.82) is 0 Å². The number of rotatable bonds is 5. The van der Waals surface area contributed by atoms with Crippen LogP contribution < -0.4 is 0 Å². The van der Waals surface area contributed by atoms with Crippen LogP contribution in [0.5, 0.6) is 0 Å². The second kappa shape index (κ2) is 7.00. The van der Waals surface area contributed by atoms with Crippen LogP contribution in [0.1, 0.15) is 49.0 Å². The quantitative estimate of drug-likeness (QED) is 0.909. The number of carbonyl (C=O) groups is 1. The van der Waals surface area contributed by atoms with Crippen molar-refractivity contribution in [3.05, 3.63) is 54.1 Å². The van der Waals surface area contributed by atoms with Gasteiger partial charge in [-0.3, -0.25) is 4.79 Å². The SMILES string of the molecule is CO[C@@H]1CC(c2ncc[nH]2)N(C(=O)CC2CC(c3ccccc3)C2)C1. The second-order valence-corrected chi connectivity index (χ2v) is 7.28. The second-order valence-electron chi connectivity index (χ2n) is 7.28. The van der Waals surface area contributed by atoms with Crippen molar-refractivity contribution in [2.75, 3.05) is 13.7 Å². The number of aromatic nitrogens is 2. The first-order valence-corrected chi connectivity index (χ1v) is 9.11. The number of hydrogen-bond acceptors (Lipinski definition) is 3. The molecule has 2 aliphatic rings. The molecule has 0 radical (unpaired) electrons. The van der Waals surface area contributed by atoms with Crippen molar-refractivity contribution < 1.29 is 9.53 Å². The summed E-state index contributed by atoms with van der Waals surface area (Å²) >= 11 is 0. The Kier molecular flexibility index (Phi) is 4.57. The third-order valence-electron chi connectivity index (χ3n) is 5.72. The lowest BCUT2D eigenvalue weighted by Crippen LogP contribution is -2.35. The molecule has 1 amide bonds. The van der Waals surface area contributed by atoms with Gasteiger partial charge >= 0.3 is 0 Å². The first-order chi connectivity index (χ1) is 12.2. The topological polar surface area (TPSA) is 58.2 Å². The van der Waals surface area contributed by atoms with E-state index in [1.165, 1.54) is 5.56 Å². The van der Waals surface area contributed by atoms with Crippen molar-refractivity contribution in [3.63, 3.8) is 0 Å². The summed E-state index contributed by atoms with van der Waals surface area (Å²) < 4.78 is 5.50. The fourth-order valence-corrected chi connectivity index (χ4v) is 4.23. The fourth-order valence-electron chi connectivity index (χ4n) is 4.23. The Bertz CT molecular complexity index is 695. The maximum atomic E-state index is 12.9. The Labute approximate surface area is 148 Å². The van der Waals surface area contributed by atoms with Crippen molar-refractivity contribution in [2.24, 2.45) is 5.92 Å². The van der Waals surface area contributed by atoms with E-state index in [1.807, 2.05) is 11.1 Å². The molecule has 5 heteroatoms. The molecular weight excluding hydrogens is 314 g/mol. The monoisotopic (exact) mass is 339 g/mol. The average molecular weight is 339 g/mol. The van der Waals surface area contributed by atoms with Gasteiger partial charge in [-0.2, -0.15) is 0 Å². The number of carbonyl (C=O) groups excluding carboxylic acids is 1. The number of likely N-dealkylation sites (tertiary alicyclic amines) is 1. The molecule has 1 aliphatic heterocycles. The fraction of sp³-hybridized carbons (Fsp3) is 0.500. The number of H-pyrrole nitrogens is 1. The molecule has 1 aromatic heterocycles. The number of nitrogens with one attached hydrogen (secondary N) is 1. The minimum absolute atomic E-state index is 0.0115. The third-order valence-corrected chi connectivity index (χ3v) is 5.72. The predicted molar refractivity (Wildman–Crippen MR) is 95.0 cm³/mol. The van der Waals surface area contributed by atoms with Crippen LogP contribution in [0.25, 0.3) is 0 Å². The molecule has 2 fully saturated rings. The third kappa shape index (κ3) is 3.33. The summed E-state index contributed by atoms with van der Waals surface area (Å²) in [5.74, 6) is 2.21. The molecular formula is C20H25N3O2. The highest BCUT2D eigenvalue weighted by Crippen LogP contribution is 2.44. The van der Waals surface area contributed by atoms with E-state index in [-0.39, 0.29) is 18.1 Å². The van der Waals surface area contributed by atoms with Gasteiger partial charge in [0, 0.05) is 38.9 Å². The number of hydrogen-bond donors (Lipinski definition) is 1. The number of ether oxygens (including phenoxy) is 1. The molecule has 0 spiro atoms. The standard InChI is InChI=1S/C20H25N3O2/c1-25-17-12-18(20-21-7-8-22-20)23(13-17)19(24)11-14-9-16(10-14)15-5-3-2-4-6-15/h2-8,14,16-18H,9-13H2,1H3,(H,21,22)/t14?,16?,17-,18?/m1/s1. The molecule has 1 aromatic carbocycles. The van der Waals surface area contributed by atoms with Gasteiger partial charge in [0.05, 0.1) is 12.1 Å². The molecule has 0 bridgehead atoms. The van der Waals surface area contributed by atoms with Crippen LogP contribution in [0.2, 0.25) is 0 Å². The highest BCUT2D eigenvalue weighted by Gasteiger charge is 2.40. The lowest BCUT2D eigenvalue weighted by molar-refractivity contribution is -0.134. The Morgan fingerprint density at radius 3 is 2.76 bits per heavy atom. The average Bonchev–Trinajstić information content (AvgIpc) is 3.27. The van der Waals surface area contributed by atoms with Gasteiger partial charge < -0.3 is 14.6 Å². The molecule has 1 saturated heterocycles. The van der Waals surface area contributed by atoms with Crippen molar-refractivity contribution >= 4 is 5.91 Å². The predicted octanol–water partition coefficient (Wildman–Crippen LogP) is 3.28. The molecule has 4 rings (SSSR count). The minimum atomic E-state index is 0.0115. The van der Waals surface area contributed by atoms with Gasteiger partial charge in [-0.15, -0.1) is 0 Å². The van der Waals surface area contributed by atoms with Crippen molar-refractivity contribution in [1.82, 2.24) is 14.9 Å². The van der Waals surface area contributed by atoms with Crippen LogP contribution in [-0.4, -0.2) is 40.5 Å². The van der Waals surface area contributed by atoms with E-state index in [1.54, 1.807) is 13.3 Å². The van der Waals surface area contributed by atoms with Crippen LogP contribution >= 0.6 is 0 Å². The number of benzene rings is 1. The van der Waals surface area contributed by atoms with Gasteiger partial charge in [-0.25, -0.2) is 4.98 Å². The number of nitrogens with zero attached hydrogens (tertiary/aromatic N) is 2. The molecule has 5 nitrogen and oxygen atoms in total. The number of amides is 1. The Morgan fingerprint density at radius 2 is 2.08 bits per heavy atom. The number of aromatic amines is 1. The summed E-state index contributed by atoms with van der Waals surface area (Å²) in [5.41, 5.74) is 1.40. The maximum absolute atomic E-state index is 12.9. The number of imidazole rings is 1. The van der Waals surface area contributed by atoms with Gasteiger partial charge in [0.2, 0.25) is 5.91 Å². The van der Waals surface area contributed by atoms with E-state index < -0.39 is 0 Å². The molecule has 2 aromatic rings. The van der Waals surface area contributed by atoms with E-state index in [0.29, 0.717) is 24.8 Å². The Morgan fingerprint density at radius 1 is 1.28 bits per heavy atom. The van der Waals surface area contributed by atoms with Gasteiger partial charge in [0.25, 0.3) is 0 Å². The van der Waals surface area contributed by atoms with Crippen molar-refractivity contribution in [3.8, 4) is 0 Å². The van der Waals surface area contributed by atoms with E-state index in [2.05, 4.69) is 40.3 Å². The minimum Gasteiger partial charge on any atom is -0.380 e. The molecule has 2 atom stereocenters.